The highest BCUT2D eigenvalue weighted by atomic mass is 35.5. The maximum Gasteiger partial charge on any atom is 0.317 e. The zero-order valence-corrected chi connectivity index (χ0v) is 13.8. The van der Waals surface area contributed by atoms with Crippen molar-refractivity contribution in [2.24, 2.45) is 5.73 Å². The molecular weight excluding hydrogens is 337 g/mol. The maximum absolute atomic E-state index is 11.7. The number of rotatable bonds is 6. The summed E-state index contributed by atoms with van der Waals surface area (Å²) >= 11 is 11.8. The lowest BCUT2D eigenvalue weighted by molar-refractivity contribution is 0.223. The van der Waals surface area contributed by atoms with Crippen LogP contribution in [0.2, 0.25) is 10.0 Å². The Balaban J connectivity index is 1.74. The lowest BCUT2D eigenvalue weighted by Gasteiger charge is -2.11. The third-order valence-corrected chi connectivity index (χ3v) is 3.56. The summed E-state index contributed by atoms with van der Waals surface area (Å²) in [6.07, 6.45) is 0. The zero-order chi connectivity index (χ0) is 16.7. The molecule has 0 aromatic heterocycles. The van der Waals surface area contributed by atoms with E-state index in [-0.39, 0.29) is 12.8 Å². The van der Waals surface area contributed by atoms with Gasteiger partial charge in [-0.05, 0) is 29.3 Å². The molecule has 0 fully saturated rings. The van der Waals surface area contributed by atoms with Crippen LogP contribution in [0.25, 0.3) is 0 Å². The number of hydrogen-bond donors (Lipinski definition) is 3. The van der Waals surface area contributed by atoms with E-state index in [2.05, 4.69) is 10.6 Å². The van der Waals surface area contributed by atoms with Crippen LogP contribution in [0.5, 0.6) is 5.75 Å². The van der Waals surface area contributed by atoms with Crippen LogP contribution in [0.4, 0.5) is 4.79 Å². The minimum atomic E-state index is -0.340. The molecule has 5 nitrogen and oxygen atoms in total. The van der Waals surface area contributed by atoms with Crippen LogP contribution in [-0.2, 0) is 13.1 Å². The molecule has 0 heterocycles. The molecule has 0 radical (unpaired) electrons. The van der Waals surface area contributed by atoms with Gasteiger partial charge in [0.15, 0.2) is 6.73 Å². The van der Waals surface area contributed by atoms with Gasteiger partial charge in [0.05, 0.1) is 5.02 Å². The summed E-state index contributed by atoms with van der Waals surface area (Å²) < 4.78 is 5.37. The maximum atomic E-state index is 11.7. The van der Waals surface area contributed by atoms with Crippen molar-refractivity contribution in [2.75, 3.05) is 6.73 Å². The summed E-state index contributed by atoms with van der Waals surface area (Å²) in [7, 11) is 0. The number of nitrogens with one attached hydrogen (secondary N) is 2. The average molecular weight is 354 g/mol. The topological polar surface area (TPSA) is 76.4 Å². The van der Waals surface area contributed by atoms with E-state index in [1.165, 1.54) is 0 Å². The first-order valence-electron chi connectivity index (χ1n) is 6.96. The van der Waals surface area contributed by atoms with E-state index in [9.17, 15) is 4.79 Å². The van der Waals surface area contributed by atoms with Crippen molar-refractivity contribution in [2.45, 2.75) is 13.1 Å². The van der Waals surface area contributed by atoms with Crippen molar-refractivity contribution in [1.29, 1.82) is 0 Å². The highest BCUT2D eigenvalue weighted by molar-refractivity contribution is 6.35. The van der Waals surface area contributed by atoms with Crippen molar-refractivity contribution >= 4 is 29.2 Å². The van der Waals surface area contributed by atoms with Gasteiger partial charge in [0.1, 0.15) is 5.75 Å². The van der Waals surface area contributed by atoms with Crippen LogP contribution in [0.3, 0.4) is 0 Å². The van der Waals surface area contributed by atoms with Crippen LogP contribution < -0.4 is 21.1 Å². The Morgan fingerprint density at radius 1 is 1.09 bits per heavy atom. The molecule has 0 saturated heterocycles. The van der Waals surface area contributed by atoms with Crippen molar-refractivity contribution in [3.05, 3.63) is 63.6 Å². The predicted octanol–water partition coefficient (Wildman–Crippen LogP) is 3.29. The number of urea groups is 1. The van der Waals surface area contributed by atoms with Gasteiger partial charge in [0.2, 0.25) is 0 Å². The van der Waals surface area contributed by atoms with Crippen LogP contribution in [0, 0.1) is 0 Å². The number of amides is 2. The molecule has 7 heteroatoms. The summed E-state index contributed by atoms with van der Waals surface area (Å²) in [5, 5.41) is 6.23. The second-order valence-electron chi connectivity index (χ2n) is 4.75. The zero-order valence-electron chi connectivity index (χ0n) is 12.3. The smallest absolute Gasteiger partial charge is 0.317 e. The van der Waals surface area contributed by atoms with E-state index in [0.717, 1.165) is 11.1 Å². The molecule has 0 unspecified atom stereocenters. The average Bonchev–Trinajstić information content (AvgIpc) is 2.55. The van der Waals surface area contributed by atoms with Crippen molar-refractivity contribution in [3.63, 3.8) is 0 Å². The molecule has 0 bridgehead atoms. The SMILES string of the molecule is NCc1cccc(CNC(=O)NCOc2ccc(Cl)cc2Cl)c1. The molecule has 0 aliphatic rings. The van der Waals surface area contributed by atoms with Crippen molar-refractivity contribution in [3.8, 4) is 5.75 Å². The first-order valence-corrected chi connectivity index (χ1v) is 7.71. The molecular formula is C16H17Cl2N3O2. The minimum absolute atomic E-state index is 0.00394. The molecule has 0 aliphatic heterocycles. The molecule has 2 amide bonds. The van der Waals surface area contributed by atoms with Crippen LogP contribution in [-0.4, -0.2) is 12.8 Å². The van der Waals surface area contributed by atoms with Gasteiger partial charge in [-0.2, -0.15) is 0 Å². The Morgan fingerprint density at radius 2 is 1.87 bits per heavy atom. The van der Waals surface area contributed by atoms with Crippen LogP contribution >= 0.6 is 23.2 Å². The lowest BCUT2D eigenvalue weighted by atomic mass is 10.1. The van der Waals surface area contributed by atoms with Crippen LogP contribution in [0.1, 0.15) is 11.1 Å². The van der Waals surface area contributed by atoms with E-state index in [0.29, 0.717) is 28.9 Å². The lowest BCUT2D eigenvalue weighted by Crippen LogP contribution is -2.37. The van der Waals surface area contributed by atoms with Gasteiger partial charge in [0.25, 0.3) is 0 Å². The van der Waals surface area contributed by atoms with E-state index in [1.807, 2.05) is 24.3 Å². The van der Waals surface area contributed by atoms with E-state index in [1.54, 1.807) is 18.2 Å². The fourth-order valence-electron chi connectivity index (χ4n) is 1.88. The van der Waals surface area contributed by atoms with Crippen molar-refractivity contribution < 1.29 is 9.53 Å². The molecule has 2 rings (SSSR count). The summed E-state index contributed by atoms with van der Waals surface area (Å²) in [6, 6.07) is 12.2. The largest absolute Gasteiger partial charge is 0.472 e. The Kier molecular flexibility index (Phi) is 6.52. The fourth-order valence-corrected chi connectivity index (χ4v) is 2.35. The van der Waals surface area contributed by atoms with Gasteiger partial charge < -0.3 is 21.1 Å². The number of hydrogen-bond acceptors (Lipinski definition) is 3. The standard InChI is InChI=1S/C16H17Cl2N3O2/c17-13-4-5-15(14(18)7-13)23-10-21-16(22)20-9-12-3-1-2-11(6-12)8-19/h1-7H,8-10,19H2,(H2,20,21,22). The highest BCUT2D eigenvalue weighted by Crippen LogP contribution is 2.27. The molecule has 0 atom stereocenters. The van der Waals surface area contributed by atoms with E-state index >= 15 is 0 Å². The molecule has 0 saturated carbocycles. The summed E-state index contributed by atoms with van der Waals surface area (Å²) in [5.41, 5.74) is 7.58. The van der Waals surface area contributed by atoms with Gasteiger partial charge >= 0.3 is 6.03 Å². The van der Waals surface area contributed by atoms with E-state index < -0.39 is 0 Å². The number of carbonyl (C=O) groups is 1. The number of ether oxygens (including phenoxy) is 1. The second kappa shape index (κ2) is 8.62. The Hall–Kier alpha value is -1.95. The van der Waals surface area contributed by atoms with Crippen molar-refractivity contribution in [1.82, 2.24) is 10.6 Å². The van der Waals surface area contributed by atoms with E-state index in [4.69, 9.17) is 33.7 Å². The number of carbonyl (C=O) groups excluding carboxylic acids is 1. The Bertz CT molecular complexity index is 680. The van der Waals surface area contributed by atoms with Crippen LogP contribution in [0.15, 0.2) is 42.5 Å². The molecule has 2 aromatic rings. The first kappa shape index (κ1) is 17.4. The Labute approximate surface area is 144 Å². The van der Waals surface area contributed by atoms with Gasteiger partial charge in [-0.3, -0.25) is 0 Å². The molecule has 0 spiro atoms. The fraction of sp³-hybridized carbons (Fsp3) is 0.188. The molecule has 0 aliphatic carbocycles. The number of benzene rings is 2. The minimum Gasteiger partial charge on any atom is -0.472 e. The second-order valence-corrected chi connectivity index (χ2v) is 5.59. The molecule has 122 valence electrons. The molecule has 23 heavy (non-hydrogen) atoms. The quantitative estimate of drug-likeness (QED) is 0.697. The normalized spacial score (nSPS) is 10.2. The summed E-state index contributed by atoms with van der Waals surface area (Å²) in [5.74, 6) is 0.451. The summed E-state index contributed by atoms with van der Waals surface area (Å²) in [4.78, 5) is 11.7. The summed E-state index contributed by atoms with van der Waals surface area (Å²) in [6.45, 7) is 0.868. The Morgan fingerprint density at radius 3 is 2.61 bits per heavy atom. The van der Waals surface area contributed by atoms with Gasteiger partial charge in [-0.1, -0.05) is 47.5 Å². The highest BCUT2D eigenvalue weighted by Gasteiger charge is 2.04. The molecule has 2 aromatic carbocycles. The van der Waals surface area contributed by atoms with Gasteiger partial charge in [-0.25, -0.2) is 4.79 Å². The third kappa shape index (κ3) is 5.63. The van der Waals surface area contributed by atoms with Gasteiger partial charge in [0, 0.05) is 18.1 Å². The number of halogens is 2. The third-order valence-electron chi connectivity index (χ3n) is 3.03. The predicted molar refractivity (Wildman–Crippen MR) is 91.7 cm³/mol. The first-order chi connectivity index (χ1) is 11.1. The monoisotopic (exact) mass is 353 g/mol. The molecule has 4 N–H and O–H groups in total. The van der Waals surface area contributed by atoms with Gasteiger partial charge in [-0.15, -0.1) is 0 Å². The number of nitrogens with two attached hydrogens (primary N) is 1.